The normalized spacial score (nSPS) is 12.7. The molecule has 1 N–H and O–H groups in total. The number of benzene rings is 1. The standard InChI is InChI=1S/C6H6.C4H5N2/c1-2-4-6-5-3-1;1-2-5-4-6-3-1/h1-6H;1-4H,(H,5,6). The van der Waals surface area contributed by atoms with Gasteiger partial charge in [-0.1, -0.05) is 36.4 Å². The summed E-state index contributed by atoms with van der Waals surface area (Å²) in [7, 11) is 0. The first-order chi connectivity index (χ1) is 6.00. The van der Waals surface area contributed by atoms with Crippen LogP contribution in [0.2, 0.25) is 0 Å². The van der Waals surface area contributed by atoms with Crippen molar-refractivity contribution >= 4 is 6.34 Å². The largest absolute Gasteiger partial charge is 0.353 e. The summed E-state index contributed by atoms with van der Waals surface area (Å²) in [6, 6.07) is 12.0. The van der Waals surface area contributed by atoms with Crippen LogP contribution >= 0.6 is 0 Å². The third kappa shape index (κ3) is 4.28. The van der Waals surface area contributed by atoms with Crippen molar-refractivity contribution in [3.8, 4) is 0 Å². The Hall–Kier alpha value is -1.57. The topological polar surface area (TPSA) is 24.4 Å². The minimum Gasteiger partial charge on any atom is -0.353 e. The molecule has 0 unspecified atom stereocenters. The summed E-state index contributed by atoms with van der Waals surface area (Å²) in [4.78, 5) is 3.73. The second kappa shape index (κ2) is 6.16. The molecule has 0 aliphatic carbocycles. The lowest BCUT2D eigenvalue weighted by atomic mass is 10.4. The minimum atomic E-state index is 1.62. The van der Waals surface area contributed by atoms with Gasteiger partial charge in [0.25, 0.3) is 0 Å². The SMILES string of the molecule is [CH]1C=CNC=N1.c1ccccc1. The maximum absolute atomic E-state index is 3.73. The van der Waals surface area contributed by atoms with Gasteiger partial charge in [-0.05, 0) is 6.08 Å². The molecule has 0 saturated carbocycles. The zero-order chi connectivity index (χ0) is 8.49. The van der Waals surface area contributed by atoms with Crippen molar-refractivity contribution in [2.75, 3.05) is 0 Å². The molecule has 2 nitrogen and oxygen atoms in total. The molecule has 0 amide bonds. The zero-order valence-electron chi connectivity index (χ0n) is 6.72. The Labute approximate surface area is 72.6 Å². The van der Waals surface area contributed by atoms with Gasteiger partial charge in [-0.15, -0.1) is 0 Å². The predicted octanol–water partition coefficient (Wildman–Crippen LogP) is 1.98. The molecule has 2 rings (SSSR count). The van der Waals surface area contributed by atoms with Gasteiger partial charge in [0, 0.05) is 6.20 Å². The fraction of sp³-hybridized carbons (Fsp3) is 0. The van der Waals surface area contributed by atoms with Crippen LogP contribution in [-0.4, -0.2) is 6.34 Å². The van der Waals surface area contributed by atoms with Gasteiger partial charge in [0.05, 0.1) is 12.9 Å². The molecule has 1 aromatic carbocycles. The Bertz CT molecular complexity index is 193. The van der Waals surface area contributed by atoms with E-state index in [1.807, 2.05) is 48.7 Å². The molecule has 1 aliphatic heterocycles. The average molecular weight is 159 g/mol. The lowest BCUT2D eigenvalue weighted by Crippen LogP contribution is -2.02. The summed E-state index contributed by atoms with van der Waals surface area (Å²) >= 11 is 0. The van der Waals surface area contributed by atoms with Crippen LogP contribution in [0.4, 0.5) is 0 Å². The van der Waals surface area contributed by atoms with Crippen molar-refractivity contribution in [1.82, 2.24) is 5.32 Å². The van der Waals surface area contributed by atoms with Crippen LogP contribution in [0.1, 0.15) is 0 Å². The highest BCUT2D eigenvalue weighted by molar-refractivity contribution is 5.58. The maximum Gasteiger partial charge on any atom is 0.0974 e. The maximum atomic E-state index is 3.73. The van der Waals surface area contributed by atoms with Crippen molar-refractivity contribution in [2.45, 2.75) is 0 Å². The summed E-state index contributed by atoms with van der Waals surface area (Å²) in [5.41, 5.74) is 0. The number of rotatable bonds is 0. The van der Waals surface area contributed by atoms with Crippen LogP contribution in [0.5, 0.6) is 0 Å². The smallest absolute Gasteiger partial charge is 0.0974 e. The Morgan fingerprint density at radius 2 is 1.42 bits per heavy atom. The monoisotopic (exact) mass is 159 g/mol. The van der Waals surface area contributed by atoms with Gasteiger partial charge in [0.2, 0.25) is 0 Å². The molecule has 1 radical (unpaired) electrons. The number of nitrogens with one attached hydrogen (secondary N) is 1. The van der Waals surface area contributed by atoms with E-state index in [1.165, 1.54) is 0 Å². The van der Waals surface area contributed by atoms with E-state index in [2.05, 4.69) is 10.3 Å². The van der Waals surface area contributed by atoms with Crippen LogP contribution < -0.4 is 5.32 Å². The van der Waals surface area contributed by atoms with Crippen molar-refractivity contribution < 1.29 is 0 Å². The first-order valence-corrected chi connectivity index (χ1v) is 3.76. The van der Waals surface area contributed by atoms with Crippen LogP contribution in [0.25, 0.3) is 0 Å². The van der Waals surface area contributed by atoms with Crippen LogP contribution in [0, 0.1) is 6.54 Å². The fourth-order valence-electron chi connectivity index (χ4n) is 0.662. The third-order valence-electron chi connectivity index (χ3n) is 1.18. The highest BCUT2D eigenvalue weighted by atomic mass is 14.9. The Morgan fingerprint density at radius 3 is 1.58 bits per heavy atom. The molecule has 0 atom stereocenters. The second-order valence-corrected chi connectivity index (χ2v) is 2.11. The Morgan fingerprint density at radius 1 is 0.833 bits per heavy atom. The van der Waals surface area contributed by atoms with E-state index >= 15 is 0 Å². The minimum absolute atomic E-state index is 1.62. The zero-order valence-corrected chi connectivity index (χ0v) is 6.72. The van der Waals surface area contributed by atoms with E-state index in [0.29, 0.717) is 0 Å². The molecular formula is C10H11N2. The molecule has 2 heteroatoms. The summed E-state index contributed by atoms with van der Waals surface area (Å²) in [6.45, 7) is 1.72. The second-order valence-electron chi connectivity index (χ2n) is 2.11. The highest BCUT2D eigenvalue weighted by Crippen LogP contribution is 1.81. The third-order valence-corrected chi connectivity index (χ3v) is 1.18. The summed E-state index contributed by atoms with van der Waals surface area (Å²) < 4.78 is 0. The molecule has 12 heavy (non-hydrogen) atoms. The molecule has 0 fully saturated rings. The van der Waals surface area contributed by atoms with E-state index in [0.717, 1.165) is 0 Å². The number of hydrogen-bond acceptors (Lipinski definition) is 2. The van der Waals surface area contributed by atoms with Crippen molar-refractivity contribution in [2.24, 2.45) is 4.99 Å². The van der Waals surface area contributed by atoms with Gasteiger partial charge in [-0.3, -0.25) is 4.99 Å². The van der Waals surface area contributed by atoms with Gasteiger partial charge >= 0.3 is 0 Å². The molecular weight excluding hydrogens is 148 g/mol. The van der Waals surface area contributed by atoms with Crippen molar-refractivity contribution in [3.05, 3.63) is 55.2 Å². The van der Waals surface area contributed by atoms with E-state index in [9.17, 15) is 0 Å². The van der Waals surface area contributed by atoms with E-state index < -0.39 is 0 Å². The summed E-state index contributed by atoms with van der Waals surface area (Å²) in [6.07, 6.45) is 5.27. The number of aliphatic imine (C=N–C) groups is 1. The molecule has 1 heterocycles. The van der Waals surface area contributed by atoms with Gasteiger partial charge in [-0.25, -0.2) is 0 Å². The van der Waals surface area contributed by atoms with Crippen LogP contribution in [0.3, 0.4) is 0 Å². The first-order valence-electron chi connectivity index (χ1n) is 3.76. The Balaban J connectivity index is 0.000000120. The van der Waals surface area contributed by atoms with Crippen molar-refractivity contribution in [1.29, 1.82) is 0 Å². The molecule has 0 spiro atoms. The quantitative estimate of drug-likeness (QED) is 0.615. The van der Waals surface area contributed by atoms with Crippen LogP contribution in [-0.2, 0) is 0 Å². The van der Waals surface area contributed by atoms with Gasteiger partial charge in [0.1, 0.15) is 0 Å². The van der Waals surface area contributed by atoms with E-state index in [4.69, 9.17) is 0 Å². The van der Waals surface area contributed by atoms with Gasteiger partial charge in [-0.2, -0.15) is 0 Å². The summed E-state index contributed by atoms with van der Waals surface area (Å²) in [5, 5.41) is 2.78. The molecule has 1 aliphatic rings. The molecule has 1 aromatic rings. The fourth-order valence-corrected chi connectivity index (χ4v) is 0.662. The van der Waals surface area contributed by atoms with E-state index in [1.54, 1.807) is 12.9 Å². The molecule has 0 aromatic heterocycles. The molecule has 0 bridgehead atoms. The van der Waals surface area contributed by atoms with Crippen LogP contribution in [0.15, 0.2) is 53.7 Å². The van der Waals surface area contributed by atoms with Crippen molar-refractivity contribution in [3.63, 3.8) is 0 Å². The van der Waals surface area contributed by atoms with Gasteiger partial charge < -0.3 is 5.32 Å². The Kier molecular flexibility index (Phi) is 4.38. The van der Waals surface area contributed by atoms with Gasteiger partial charge in [0.15, 0.2) is 0 Å². The molecule has 0 saturated heterocycles. The lowest BCUT2D eigenvalue weighted by Gasteiger charge is -1.91. The lowest BCUT2D eigenvalue weighted by molar-refractivity contribution is 1.22. The average Bonchev–Trinajstić information content (AvgIpc) is 2.24. The number of hydrogen-bond donors (Lipinski definition) is 1. The number of nitrogens with zero attached hydrogens (tertiary/aromatic N) is 1. The predicted molar refractivity (Wildman–Crippen MR) is 51.5 cm³/mol. The van der Waals surface area contributed by atoms with E-state index in [-0.39, 0.29) is 0 Å². The highest BCUT2D eigenvalue weighted by Gasteiger charge is 1.74. The first kappa shape index (κ1) is 8.53. The molecule has 61 valence electrons. The summed E-state index contributed by atoms with van der Waals surface area (Å²) in [5.74, 6) is 0.